The number of aliphatic hydroxyl groups is 2. The van der Waals surface area contributed by atoms with E-state index in [9.17, 15) is 27.9 Å². The predicted octanol–water partition coefficient (Wildman–Crippen LogP) is 0.817. The first-order valence-electron chi connectivity index (χ1n) is 7.47. The van der Waals surface area contributed by atoms with Gasteiger partial charge in [0.05, 0.1) is 18.7 Å². The fourth-order valence-electron chi connectivity index (χ4n) is 1.78. The Bertz CT molecular complexity index is 600. The zero-order valence-corrected chi connectivity index (χ0v) is 13.9. The Balaban J connectivity index is 2.44. The van der Waals surface area contributed by atoms with Crippen LogP contribution < -0.4 is 10.6 Å². The number of hydrogen-bond acceptors (Lipinski definition) is 4. The lowest BCUT2D eigenvalue weighted by Gasteiger charge is -2.26. The van der Waals surface area contributed by atoms with Gasteiger partial charge in [-0.05, 0) is 17.7 Å². The summed E-state index contributed by atoms with van der Waals surface area (Å²) in [6.45, 7) is 2.15. The summed E-state index contributed by atoms with van der Waals surface area (Å²) in [5.41, 5.74) is -1.37. The molecule has 0 spiro atoms. The highest BCUT2D eigenvalue weighted by Crippen LogP contribution is 2.29. The Morgan fingerprint density at radius 3 is 2.16 bits per heavy atom. The Labute approximate surface area is 143 Å². The average Bonchev–Trinajstić information content (AvgIpc) is 2.56. The smallest absolute Gasteiger partial charge is 0.396 e. The van der Waals surface area contributed by atoms with E-state index in [1.54, 1.807) is 0 Å². The maximum absolute atomic E-state index is 12.4. The number of carbonyl (C=O) groups excluding carboxylic acids is 2. The van der Waals surface area contributed by atoms with E-state index in [2.05, 4.69) is 10.6 Å². The first-order chi connectivity index (χ1) is 11.5. The van der Waals surface area contributed by atoms with Crippen molar-refractivity contribution in [2.75, 3.05) is 13.2 Å². The van der Waals surface area contributed by atoms with E-state index in [4.69, 9.17) is 5.11 Å². The number of hydrogen-bond donors (Lipinski definition) is 4. The third-order valence-electron chi connectivity index (χ3n) is 3.59. The van der Waals surface area contributed by atoms with Crippen molar-refractivity contribution in [1.29, 1.82) is 0 Å². The molecule has 1 aromatic rings. The van der Waals surface area contributed by atoms with Gasteiger partial charge in [-0.15, -0.1) is 0 Å². The number of carbonyl (C=O) groups is 2. The van der Waals surface area contributed by atoms with Gasteiger partial charge in [0.1, 0.15) is 6.10 Å². The van der Waals surface area contributed by atoms with Crippen LogP contribution in [0.2, 0.25) is 0 Å². The lowest BCUT2D eigenvalue weighted by atomic mass is 9.87. The molecule has 0 aliphatic heterocycles. The van der Waals surface area contributed by atoms with E-state index in [1.807, 2.05) is 0 Å². The van der Waals surface area contributed by atoms with E-state index in [-0.39, 0.29) is 6.54 Å². The summed E-state index contributed by atoms with van der Waals surface area (Å²) in [6.07, 6.45) is -5.91. The van der Waals surface area contributed by atoms with Gasteiger partial charge in [0.2, 0.25) is 11.8 Å². The van der Waals surface area contributed by atoms with Gasteiger partial charge in [-0.2, -0.15) is 13.2 Å². The first-order valence-corrected chi connectivity index (χ1v) is 7.47. The van der Waals surface area contributed by atoms with Crippen molar-refractivity contribution in [3.05, 3.63) is 35.4 Å². The molecular formula is C16H21F3N2O4. The summed E-state index contributed by atoms with van der Waals surface area (Å²) in [5.74, 6) is -1.37. The second-order valence-electron chi connectivity index (χ2n) is 6.24. The molecule has 0 fully saturated rings. The SMILES string of the molecule is CC(C)(CO)[C@@H](O)C(=O)NCC(=O)NCc1ccc(C(F)(F)F)cc1. The van der Waals surface area contributed by atoms with Gasteiger partial charge in [-0.3, -0.25) is 9.59 Å². The highest BCUT2D eigenvalue weighted by atomic mass is 19.4. The monoisotopic (exact) mass is 362 g/mol. The number of halogens is 3. The van der Waals surface area contributed by atoms with Gasteiger partial charge in [0.15, 0.2) is 0 Å². The van der Waals surface area contributed by atoms with Gasteiger partial charge in [-0.1, -0.05) is 26.0 Å². The third-order valence-corrected chi connectivity index (χ3v) is 3.59. The molecule has 25 heavy (non-hydrogen) atoms. The average molecular weight is 362 g/mol. The molecule has 2 amide bonds. The molecular weight excluding hydrogens is 341 g/mol. The zero-order valence-electron chi connectivity index (χ0n) is 13.9. The van der Waals surface area contributed by atoms with E-state index in [0.717, 1.165) is 12.1 Å². The maximum atomic E-state index is 12.4. The van der Waals surface area contributed by atoms with Crippen LogP contribution in [0.4, 0.5) is 13.2 Å². The van der Waals surface area contributed by atoms with Crippen molar-refractivity contribution in [3.63, 3.8) is 0 Å². The second-order valence-corrected chi connectivity index (χ2v) is 6.24. The minimum absolute atomic E-state index is 0.00245. The standard InChI is InChI=1S/C16H21F3N2O4/c1-15(2,9-22)13(24)14(25)21-8-12(23)20-7-10-3-5-11(6-4-10)16(17,18)19/h3-6,13,22,24H,7-9H2,1-2H3,(H,20,23)(H,21,25)/t13-/m0/s1. The minimum atomic E-state index is -4.42. The summed E-state index contributed by atoms with van der Waals surface area (Å²) in [6, 6.07) is 4.32. The van der Waals surface area contributed by atoms with Gasteiger partial charge in [0, 0.05) is 12.0 Å². The Morgan fingerprint density at radius 1 is 1.12 bits per heavy atom. The van der Waals surface area contributed by atoms with Crippen LogP contribution in [-0.2, 0) is 22.3 Å². The number of amides is 2. The van der Waals surface area contributed by atoms with Crippen LogP contribution in [-0.4, -0.2) is 41.3 Å². The van der Waals surface area contributed by atoms with Crippen molar-refractivity contribution in [1.82, 2.24) is 10.6 Å². The molecule has 0 saturated heterocycles. The van der Waals surface area contributed by atoms with E-state index in [1.165, 1.54) is 26.0 Å². The fraction of sp³-hybridized carbons (Fsp3) is 0.500. The quantitative estimate of drug-likeness (QED) is 0.577. The summed E-state index contributed by atoms with van der Waals surface area (Å²) in [5, 5.41) is 23.5. The summed E-state index contributed by atoms with van der Waals surface area (Å²) < 4.78 is 37.3. The molecule has 1 atom stereocenters. The van der Waals surface area contributed by atoms with Gasteiger partial charge >= 0.3 is 6.18 Å². The Kier molecular flexibility index (Phi) is 6.95. The molecule has 1 rings (SSSR count). The van der Waals surface area contributed by atoms with Crippen LogP contribution in [0.15, 0.2) is 24.3 Å². The molecule has 0 saturated carbocycles. The highest BCUT2D eigenvalue weighted by molar-refractivity contribution is 5.87. The molecule has 140 valence electrons. The van der Waals surface area contributed by atoms with E-state index >= 15 is 0 Å². The van der Waals surface area contributed by atoms with Crippen LogP contribution in [0.25, 0.3) is 0 Å². The number of nitrogens with one attached hydrogen (secondary N) is 2. The van der Waals surface area contributed by atoms with Gasteiger partial charge < -0.3 is 20.8 Å². The molecule has 9 heteroatoms. The Morgan fingerprint density at radius 2 is 1.68 bits per heavy atom. The van der Waals surface area contributed by atoms with Crippen molar-refractivity contribution < 1.29 is 33.0 Å². The van der Waals surface area contributed by atoms with E-state index in [0.29, 0.717) is 5.56 Å². The third kappa shape index (κ3) is 6.35. The van der Waals surface area contributed by atoms with Crippen LogP contribution in [0, 0.1) is 5.41 Å². The first kappa shape index (κ1) is 20.9. The van der Waals surface area contributed by atoms with Crippen molar-refractivity contribution in [3.8, 4) is 0 Å². The molecule has 0 aromatic heterocycles. The van der Waals surface area contributed by atoms with E-state index < -0.39 is 48.2 Å². The van der Waals surface area contributed by atoms with Gasteiger partial charge in [0.25, 0.3) is 0 Å². The molecule has 6 nitrogen and oxygen atoms in total. The molecule has 0 aliphatic rings. The van der Waals surface area contributed by atoms with Crippen LogP contribution in [0.5, 0.6) is 0 Å². The molecule has 0 heterocycles. The molecule has 0 unspecified atom stereocenters. The molecule has 0 radical (unpaired) electrons. The van der Waals surface area contributed by atoms with Crippen molar-refractivity contribution >= 4 is 11.8 Å². The molecule has 0 bridgehead atoms. The Hall–Kier alpha value is -2.13. The highest BCUT2D eigenvalue weighted by Gasteiger charge is 2.33. The summed E-state index contributed by atoms with van der Waals surface area (Å²) in [7, 11) is 0. The predicted molar refractivity (Wildman–Crippen MR) is 83.2 cm³/mol. The second kappa shape index (κ2) is 8.30. The number of alkyl halides is 3. The van der Waals surface area contributed by atoms with Crippen LogP contribution in [0.1, 0.15) is 25.0 Å². The summed E-state index contributed by atoms with van der Waals surface area (Å²) >= 11 is 0. The van der Waals surface area contributed by atoms with Crippen LogP contribution in [0.3, 0.4) is 0 Å². The molecule has 0 aliphatic carbocycles. The lowest BCUT2D eigenvalue weighted by Crippen LogP contribution is -2.48. The normalized spacial score (nSPS) is 13.2. The van der Waals surface area contributed by atoms with Crippen LogP contribution >= 0.6 is 0 Å². The van der Waals surface area contributed by atoms with Crippen molar-refractivity contribution in [2.45, 2.75) is 32.7 Å². The fourth-order valence-corrected chi connectivity index (χ4v) is 1.78. The largest absolute Gasteiger partial charge is 0.416 e. The number of aliphatic hydroxyl groups excluding tert-OH is 2. The number of benzene rings is 1. The zero-order chi connectivity index (χ0) is 19.3. The lowest BCUT2D eigenvalue weighted by molar-refractivity contribution is -0.138. The molecule has 1 aromatic carbocycles. The topological polar surface area (TPSA) is 98.7 Å². The summed E-state index contributed by atoms with van der Waals surface area (Å²) in [4.78, 5) is 23.4. The number of rotatable bonds is 7. The minimum Gasteiger partial charge on any atom is -0.396 e. The van der Waals surface area contributed by atoms with Crippen molar-refractivity contribution in [2.24, 2.45) is 5.41 Å². The van der Waals surface area contributed by atoms with Gasteiger partial charge in [-0.25, -0.2) is 0 Å². The maximum Gasteiger partial charge on any atom is 0.416 e. The molecule has 4 N–H and O–H groups in total.